The molecule has 7 heteroatoms. The molecule has 1 aromatic heterocycles. The summed E-state index contributed by atoms with van der Waals surface area (Å²) in [4.78, 5) is 10.5. The predicted molar refractivity (Wildman–Crippen MR) is 95.0 cm³/mol. The Bertz CT molecular complexity index is 468. The minimum atomic E-state index is -0.262. The average molecular weight is 407 g/mol. The minimum absolute atomic E-state index is 0. The van der Waals surface area contributed by atoms with Crippen molar-refractivity contribution in [1.29, 1.82) is 0 Å². The van der Waals surface area contributed by atoms with Gasteiger partial charge in [0.2, 0.25) is 0 Å². The van der Waals surface area contributed by atoms with Crippen molar-refractivity contribution in [3.8, 4) is 0 Å². The maximum atomic E-state index is 13.7. The summed E-state index contributed by atoms with van der Waals surface area (Å²) in [7, 11) is 0. The van der Waals surface area contributed by atoms with Crippen LogP contribution in [-0.2, 0) is 0 Å². The molecule has 21 heavy (non-hydrogen) atoms. The molecule has 1 saturated heterocycles. The monoisotopic (exact) mass is 407 g/mol. The lowest BCUT2D eigenvalue weighted by atomic mass is 10.3. The van der Waals surface area contributed by atoms with Crippen LogP contribution in [0.2, 0.25) is 0 Å². The van der Waals surface area contributed by atoms with E-state index in [4.69, 9.17) is 0 Å². The number of pyridine rings is 1. The van der Waals surface area contributed by atoms with Crippen LogP contribution >= 0.6 is 24.0 Å². The number of guanidine groups is 1. The van der Waals surface area contributed by atoms with E-state index in [1.54, 1.807) is 12.3 Å². The van der Waals surface area contributed by atoms with Gasteiger partial charge in [0.25, 0.3) is 0 Å². The molecule has 2 heterocycles. The second-order valence-electron chi connectivity index (χ2n) is 4.74. The maximum absolute atomic E-state index is 13.7. The Kier molecular flexibility index (Phi) is 7.69. The summed E-state index contributed by atoms with van der Waals surface area (Å²) in [5.74, 6) is 1.000. The quantitative estimate of drug-likeness (QED) is 0.456. The second kappa shape index (κ2) is 9.01. The number of nitrogens with zero attached hydrogens (tertiary/aromatic N) is 3. The maximum Gasteiger partial charge on any atom is 0.191 e. The van der Waals surface area contributed by atoms with Crippen molar-refractivity contribution < 1.29 is 4.39 Å². The van der Waals surface area contributed by atoms with Gasteiger partial charge in [0.1, 0.15) is 0 Å². The van der Waals surface area contributed by atoms with E-state index in [1.807, 2.05) is 18.7 Å². The Morgan fingerprint density at radius 3 is 3.00 bits per heavy atom. The zero-order valence-corrected chi connectivity index (χ0v) is 14.8. The summed E-state index contributed by atoms with van der Waals surface area (Å²) in [5.41, 5.74) is 0. The van der Waals surface area contributed by atoms with E-state index in [9.17, 15) is 4.39 Å². The Labute approximate surface area is 142 Å². The van der Waals surface area contributed by atoms with Gasteiger partial charge < -0.3 is 15.5 Å². The molecule has 2 rings (SSSR count). The molecule has 0 amide bonds. The highest BCUT2D eigenvalue weighted by molar-refractivity contribution is 14.0. The van der Waals surface area contributed by atoms with Gasteiger partial charge >= 0.3 is 0 Å². The van der Waals surface area contributed by atoms with Crippen LogP contribution in [0.3, 0.4) is 0 Å². The van der Waals surface area contributed by atoms with Crippen LogP contribution < -0.4 is 15.5 Å². The first-order valence-corrected chi connectivity index (χ1v) is 7.14. The number of nitrogens with one attached hydrogen (secondary N) is 2. The summed E-state index contributed by atoms with van der Waals surface area (Å²) >= 11 is 0. The molecule has 1 aromatic rings. The van der Waals surface area contributed by atoms with Gasteiger partial charge in [0, 0.05) is 38.4 Å². The average Bonchev–Trinajstić information content (AvgIpc) is 2.88. The molecule has 1 fully saturated rings. The Hall–Kier alpha value is -1.12. The smallest absolute Gasteiger partial charge is 0.191 e. The van der Waals surface area contributed by atoms with Gasteiger partial charge in [-0.15, -0.1) is 24.0 Å². The van der Waals surface area contributed by atoms with Crippen molar-refractivity contribution in [3.63, 3.8) is 0 Å². The van der Waals surface area contributed by atoms with Crippen molar-refractivity contribution in [1.82, 2.24) is 15.6 Å². The molecule has 118 valence electrons. The number of halogens is 2. The number of aromatic nitrogens is 1. The lowest BCUT2D eigenvalue weighted by Crippen LogP contribution is -2.44. The van der Waals surface area contributed by atoms with Crippen LogP contribution in [0.15, 0.2) is 23.3 Å². The molecular formula is C14H23FIN5. The topological polar surface area (TPSA) is 52.6 Å². The van der Waals surface area contributed by atoms with Crippen LogP contribution in [0.5, 0.6) is 0 Å². The first-order valence-electron chi connectivity index (χ1n) is 7.14. The molecule has 1 aliphatic rings. The zero-order valence-electron chi connectivity index (χ0n) is 12.5. The zero-order chi connectivity index (χ0) is 14.4. The van der Waals surface area contributed by atoms with Gasteiger partial charge in [-0.25, -0.2) is 9.37 Å². The largest absolute Gasteiger partial charge is 0.357 e. The predicted octanol–water partition coefficient (Wildman–Crippen LogP) is 1.99. The number of hydrogen-bond acceptors (Lipinski definition) is 3. The normalized spacial score (nSPS) is 18.3. The molecule has 5 nitrogen and oxygen atoms in total. The van der Waals surface area contributed by atoms with Crippen molar-refractivity contribution in [2.24, 2.45) is 4.99 Å². The Morgan fingerprint density at radius 2 is 2.33 bits per heavy atom. The van der Waals surface area contributed by atoms with E-state index < -0.39 is 0 Å². The molecule has 1 aliphatic heterocycles. The third kappa shape index (κ3) is 4.98. The Morgan fingerprint density at radius 1 is 1.52 bits per heavy atom. The molecular weight excluding hydrogens is 384 g/mol. The lowest BCUT2D eigenvalue weighted by Gasteiger charge is -2.19. The van der Waals surface area contributed by atoms with Crippen LogP contribution in [0.25, 0.3) is 0 Å². The third-order valence-corrected chi connectivity index (χ3v) is 3.23. The summed E-state index contributed by atoms with van der Waals surface area (Å²) < 4.78 is 13.7. The van der Waals surface area contributed by atoms with E-state index in [1.165, 1.54) is 6.07 Å². The number of rotatable bonds is 4. The molecule has 0 bridgehead atoms. The fourth-order valence-corrected chi connectivity index (χ4v) is 2.35. The van der Waals surface area contributed by atoms with Gasteiger partial charge in [0.05, 0.1) is 0 Å². The molecule has 1 unspecified atom stereocenters. The van der Waals surface area contributed by atoms with Gasteiger partial charge in [-0.1, -0.05) is 0 Å². The van der Waals surface area contributed by atoms with E-state index in [2.05, 4.69) is 20.6 Å². The summed E-state index contributed by atoms with van der Waals surface area (Å²) in [6.45, 7) is 7.15. The van der Waals surface area contributed by atoms with Crippen LogP contribution in [0.4, 0.5) is 10.2 Å². The van der Waals surface area contributed by atoms with Gasteiger partial charge in [0.15, 0.2) is 17.6 Å². The summed E-state index contributed by atoms with van der Waals surface area (Å²) in [5, 5.41) is 6.59. The van der Waals surface area contributed by atoms with Crippen molar-refractivity contribution in [3.05, 3.63) is 24.1 Å². The van der Waals surface area contributed by atoms with Crippen molar-refractivity contribution >= 4 is 35.8 Å². The Balaban J connectivity index is 0.00000220. The number of anilines is 1. The minimum Gasteiger partial charge on any atom is -0.357 e. The molecule has 0 aromatic carbocycles. The SMILES string of the molecule is CCN=C(NCC)NC1CCN(c2ncccc2F)C1.I. The standard InChI is InChI=1S/C14H22FN5.HI/c1-3-16-14(17-4-2)19-11-7-9-20(10-11)13-12(15)6-5-8-18-13;/h5-6,8,11H,3-4,7,9-10H2,1-2H3,(H2,16,17,19);1H. The molecule has 0 spiro atoms. The first-order chi connectivity index (χ1) is 9.74. The van der Waals surface area contributed by atoms with Gasteiger partial charge in [-0.3, -0.25) is 4.99 Å². The fourth-order valence-electron chi connectivity index (χ4n) is 2.35. The van der Waals surface area contributed by atoms with E-state index in [0.717, 1.165) is 38.6 Å². The highest BCUT2D eigenvalue weighted by Gasteiger charge is 2.25. The first kappa shape index (κ1) is 17.9. The second-order valence-corrected chi connectivity index (χ2v) is 4.74. The van der Waals surface area contributed by atoms with Gasteiger partial charge in [-0.05, 0) is 32.4 Å². The molecule has 1 atom stereocenters. The van der Waals surface area contributed by atoms with Crippen LogP contribution in [0.1, 0.15) is 20.3 Å². The van der Waals surface area contributed by atoms with Crippen LogP contribution in [-0.4, -0.2) is 43.2 Å². The van der Waals surface area contributed by atoms with E-state index in [0.29, 0.717) is 5.82 Å². The number of aliphatic imine (C=N–C) groups is 1. The van der Waals surface area contributed by atoms with E-state index >= 15 is 0 Å². The van der Waals surface area contributed by atoms with E-state index in [-0.39, 0.29) is 35.8 Å². The third-order valence-electron chi connectivity index (χ3n) is 3.23. The number of hydrogen-bond donors (Lipinski definition) is 2. The lowest BCUT2D eigenvalue weighted by molar-refractivity contribution is 0.612. The fraction of sp³-hybridized carbons (Fsp3) is 0.571. The highest BCUT2D eigenvalue weighted by Crippen LogP contribution is 2.20. The molecule has 0 radical (unpaired) electrons. The van der Waals surface area contributed by atoms with Crippen molar-refractivity contribution in [2.45, 2.75) is 26.3 Å². The highest BCUT2D eigenvalue weighted by atomic mass is 127. The molecule has 0 aliphatic carbocycles. The van der Waals surface area contributed by atoms with Crippen molar-refractivity contribution in [2.75, 3.05) is 31.1 Å². The molecule has 0 saturated carbocycles. The molecule has 2 N–H and O–H groups in total. The summed E-state index contributed by atoms with van der Waals surface area (Å²) in [6, 6.07) is 3.33. The van der Waals surface area contributed by atoms with Crippen LogP contribution in [0, 0.1) is 5.82 Å². The van der Waals surface area contributed by atoms with Gasteiger partial charge in [-0.2, -0.15) is 0 Å². The summed E-state index contributed by atoms with van der Waals surface area (Å²) in [6.07, 6.45) is 2.58.